The third-order valence-corrected chi connectivity index (χ3v) is 3.26. The van der Waals surface area contributed by atoms with Crippen LogP contribution in [-0.2, 0) is 4.74 Å². The molecule has 2 N–H and O–H groups in total. The molecule has 0 aliphatic carbocycles. The Labute approximate surface area is 85.1 Å². The molecule has 14 heavy (non-hydrogen) atoms. The van der Waals surface area contributed by atoms with Gasteiger partial charge >= 0.3 is 0 Å². The number of hydrogen-bond donors (Lipinski definition) is 1. The summed E-state index contributed by atoms with van der Waals surface area (Å²) in [5, 5.41) is 0. The van der Waals surface area contributed by atoms with Crippen molar-refractivity contribution >= 4 is 5.96 Å². The predicted molar refractivity (Wildman–Crippen MR) is 56.3 cm³/mol. The van der Waals surface area contributed by atoms with Crippen LogP contribution in [0.4, 0.5) is 0 Å². The molecule has 0 aromatic carbocycles. The molecule has 2 aliphatic rings. The first-order valence-electron chi connectivity index (χ1n) is 5.44. The number of guanidine groups is 1. The van der Waals surface area contributed by atoms with Crippen molar-refractivity contribution in [1.29, 1.82) is 0 Å². The van der Waals surface area contributed by atoms with E-state index in [0.717, 1.165) is 51.5 Å². The van der Waals surface area contributed by atoms with E-state index in [4.69, 9.17) is 10.5 Å². The molecule has 0 bridgehead atoms. The van der Waals surface area contributed by atoms with Gasteiger partial charge in [0.1, 0.15) is 0 Å². The van der Waals surface area contributed by atoms with Crippen molar-refractivity contribution in [1.82, 2.24) is 4.90 Å². The Kier molecular flexibility index (Phi) is 2.63. The minimum Gasteiger partial charge on any atom is -0.381 e. The quantitative estimate of drug-likeness (QED) is 0.704. The number of ether oxygens (including phenoxy) is 1. The topological polar surface area (TPSA) is 50.8 Å². The summed E-state index contributed by atoms with van der Waals surface area (Å²) in [4.78, 5) is 6.67. The summed E-state index contributed by atoms with van der Waals surface area (Å²) in [6, 6.07) is 0. The molecular weight excluding hydrogens is 178 g/mol. The number of nitrogens with two attached hydrogens (primary N) is 1. The lowest BCUT2D eigenvalue weighted by Crippen LogP contribution is -2.54. The first kappa shape index (κ1) is 9.77. The fraction of sp³-hybridized carbons (Fsp3) is 0.900. The van der Waals surface area contributed by atoms with Gasteiger partial charge in [-0.25, -0.2) is 0 Å². The Bertz CT molecular complexity index is 234. The van der Waals surface area contributed by atoms with Gasteiger partial charge in [-0.15, -0.1) is 0 Å². The third-order valence-electron chi connectivity index (χ3n) is 3.26. The molecule has 2 rings (SSSR count). The van der Waals surface area contributed by atoms with Crippen molar-refractivity contribution < 1.29 is 4.74 Å². The Morgan fingerprint density at radius 2 is 2.21 bits per heavy atom. The summed E-state index contributed by atoms with van der Waals surface area (Å²) in [5.74, 6) is 0.730. The van der Waals surface area contributed by atoms with Crippen molar-refractivity contribution in [2.75, 3.05) is 26.3 Å². The summed E-state index contributed by atoms with van der Waals surface area (Å²) in [6.07, 6.45) is 3.26. The monoisotopic (exact) mass is 197 g/mol. The molecule has 0 saturated carbocycles. The van der Waals surface area contributed by atoms with Crippen molar-refractivity contribution in [2.24, 2.45) is 10.7 Å². The standard InChI is InChI=1S/C10H19N3O/c1-2-5-13-9(11)12-8-10(13)3-6-14-7-4-10/h2-8H2,1H3,(H2,11,12). The Balaban J connectivity index is 2.10. The van der Waals surface area contributed by atoms with Crippen LogP contribution in [0.15, 0.2) is 4.99 Å². The third kappa shape index (κ3) is 1.47. The second-order valence-corrected chi connectivity index (χ2v) is 4.16. The maximum absolute atomic E-state index is 5.91. The van der Waals surface area contributed by atoms with Crippen molar-refractivity contribution in [3.05, 3.63) is 0 Å². The molecule has 0 atom stereocenters. The predicted octanol–water partition coefficient (Wildman–Crippen LogP) is 0.576. The highest BCUT2D eigenvalue weighted by molar-refractivity contribution is 5.81. The Morgan fingerprint density at radius 1 is 1.50 bits per heavy atom. The Hall–Kier alpha value is -0.770. The summed E-state index contributed by atoms with van der Waals surface area (Å²) in [6.45, 7) is 5.77. The molecule has 0 aromatic heterocycles. The highest BCUT2D eigenvalue weighted by Gasteiger charge is 2.42. The van der Waals surface area contributed by atoms with Gasteiger partial charge in [0.05, 0.1) is 12.1 Å². The summed E-state index contributed by atoms with van der Waals surface area (Å²) >= 11 is 0. The van der Waals surface area contributed by atoms with Crippen LogP contribution in [0.3, 0.4) is 0 Å². The van der Waals surface area contributed by atoms with Crippen LogP contribution < -0.4 is 5.73 Å². The van der Waals surface area contributed by atoms with Gasteiger partial charge in [0.15, 0.2) is 5.96 Å². The lowest BCUT2D eigenvalue weighted by atomic mass is 9.89. The second kappa shape index (κ2) is 3.77. The molecule has 80 valence electrons. The fourth-order valence-electron chi connectivity index (χ4n) is 2.40. The van der Waals surface area contributed by atoms with Crippen LogP contribution in [0, 0.1) is 0 Å². The first-order chi connectivity index (χ1) is 6.78. The molecule has 0 radical (unpaired) electrons. The largest absolute Gasteiger partial charge is 0.381 e. The first-order valence-corrected chi connectivity index (χ1v) is 5.44. The van der Waals surface area contributed by atoms with Crippen molar-refractivity contribution in [3.63, 3.8) is 0 Å². The maximum atomic E-state index is 5.91. The van der Waals surface area contributed by atoms with Crippen molar-refractivity contribution in [2.45, 2.75) is 31.7 Å². The lowest BCUT2D eigenvalue weighted by Gasteiger charge is -2.41. The average Bonchev–Trinajstić information content (AvgIpc) is 2.49. The van der Waals surface area contributed by atoms with Gasteiger partial charge in [0.2, 0.25) is 0 Å². The van der Waals surface area contributed by atoms with E-state index in [1.807, 2.05) is 0 Å². The van der Waals surface area contributed by atoms with E-state index >= 15 is 0 Å². The number of aliphatic imine (C=N–C) groups is 1. The molecule has 1 spiro atoms. The summed E-state index contributed by atoms with van der Waals surface area (Å²) in [7, 11) is 0. The van der Waals surface area contributed by atoms with Crippen LogP contribution in [0.1, 0.15) is 26.2 Å². The van der Waals surface area contributed by atoms with Crippen LogP contribution in [0.25, 0.3) is 0 Å². The highest BCUT2D eigenvalue weighted by Crippen LogP contribution is 2.31. The molecular formula is C10H19N3O. The smallest absolute Gasteiger partial charge is 0.191 e. The second-order valence-electron chi connectivity index (χ2n) is 4.16. The Morgan fingerprint density at radius 3 is 2.86 bits per heavy atom. The van der Waals surface area contributed by atoms with E-state index < -0.39 is 0 Å². The minimum absolute atomic E-state index is 0.193. The van der Waals surface area contributed by atoms with Gasteiger partial charge in [0.25, 0.3) is 0 Å². The summed E-state index contributed by atoms with van der Waals surface area (Å²) < 4.78 is 5.40. The zero-order valence-electron chi connectivity index (χ0n) is 8.83. The van der Waals surface area contributed by atoms with E-state index in [1.165, 1.54) is 0 Å². The molecule has 1 saturated heterocycles. The minimum atomic E-state index is 0.193. The summed E-state index contributed by atoms with van der Waals surface area (Å²) in [5.41, 5.74) is 6.10. The number of rotatable bonds is 2. The van der Waals surface area contributed by atoms with E-state index in [0.29, 0.717) is 0 Å². The molecule has 2 heterocycles. The molecule has 0 unspecified atom stereocenters. The zero-order chi connectivity index (χ0) is 10.0. The lowest BCUT2D eigenvalue weighted by molar-refractivity contribution is 0.0114. The van der Waals surface area contributed by atoms with Crippen LogP contribution in [0.2, 0.25) is 0 Å². The fourth-order valence-corrected chi connectivity index (χ4v) is 2.40. The van der Waals surface area contributed by atoms with E-state index in [-0.39, 0.29) is 5.54 Å². The number of hydrogen-bond acceptors (Lipinski definition) is 4. The van der Waals surface area contributed by atoms with Crippen LogP contribution in [-0.4, -0.2) is 42.7 Å². The van der Waals surface area contributed by atoms with E-state index in [9.17, 15) is 0 Å². The van der Waals surface area contributed by atoms with Gasteiger partial charge < -0.3 is 15.4 Å². The average molecular weight is 197 g/mol. The van der Waals surface area contributed by atoms with E-state index in [2.05, 4.69) is 16.8 Å². The zero-order valence-corrected chi connectivity index (χ0v) is 8.83. The van der Waals surface area contributed by atoms with Crippen LogP contribution in [0.5, 0.6) is 0 Å². The van der Waals surface area contributed by atoms with Gasteiger partial charge in [-0.1, -0.05) is 6.92 Å². The molecule has 1 fully saturated rings. The molecule has 2 aliphatic heterocycles. The normalized spacial score (nSPS) is 25.5. The molecule has 4 nitrogen and oxygen atoms in total. The maximum Gasteiger partial charge on any atom is 0.191 e. The SMILES string of the molecule is CCCN1C(N)=NCC12CCOCC2. The molecule has 4 heteroatoms. The van der Waals surface area contributed by atoms with Crippen LogP contribution >= 0.6 is 0 Å². The van der Waals surface area contributed by atoms with E-state index in [1.54, 1.807) is 0 Å². The van der Waals surface area contributed by atoms with Crippen molar-refractivity contribution in [3.8, 4) is 0 Å². The van der Waals surface area contributed by atoms with Gasteiger partial charge in [-0.2, -0.15) is 0 Å². The van der Waals surface area contributed by atoms with Gasteiger partial charge in [0, 0.05) is 19.8 Å². The molecule has 0 amide bonds. The van der Waals surface area contributed by atoms with Gasteiger partial charge in [-0.3, -0.25) is 4.99 Å². The highest BCUT2D eigenvalue weighted by atomic mass is 16.5. The van der Waals surface area contributed by atoms with Gasteiger partial charge in [-0.05, 0) is 19.3 Å². The molecule has 0 aromatic rings. The number of nitrogens with zero attached hydrogens (tertiary/aromatic N) is 2.